The molecule has 0 aliphatic heterocycles. The van der Waals surface area contributed by atoms with E-state index in [2.05, 4.69) is 0 Å². The van der Waals surface area contributed by atoms with Crippen LogP contribution < -0.4 is 5.54 Å². The van der Waals surface area contributed by atoms with Gasteiger partial charge >= 0.3 is 6.18 Å². The molecule has 0 fully saturated rings. The predicted octanol–water partition coefficient (Wildman–Crippen LogP) is 3.00. The largest absolute Gasteiger partial charge is 0.418 e. The maximum absolute atomic E-state index is 12.0. The van der Waals surface area contributed by atoms with Crippen LogP contribution in [0.2, 0.25) is 0 Å². The summed E-state index contributed by atoms with van der Waals surface area (Å²) in [6.45, 7) is 0. The fourth-order valence-electron chi connectivity index (χ4n) is 0.813. The molecule has 0 atom stereocenters. The fourth-order valence-corrected chi connectivity index (χ4v) is 0.813. The molecule has 0 aliphatic carbocycles. The maximum atomic E-state index is 12.0. The van der Waals surface area contributed by atoms with Crippen molar-refractivity contribution in [3.8, 4) is 0 Å². The van der Waals surface area contributed by atoms with Gasteiger partial charge in [0, 0.05) is 0 Å². The molecule has 1 aromatic rings. The van der Waals surface area contributed by atoms with Crippen LogP contribution in [0.15, 0.2) is 24.3 Å². The fraction of sp³-hybridized carbons (Fsp3) is 0.143. The minimum absolute atomic E-state index is 0.565. The van der Waals surface area contributed by atoms with E-state index in [1.807, 2.05) is 0 Å². The van der Waals surface area contributed by atoms with Crippen molar-refractivity contribution >= 4 is 5.69 Å². The molecule has 1 aromatic carbocycles. The summed E-state index contributed by atoms with van der Waals surface area (Å²) in [6.07, 6.45) is -4.52. The smallest absolute Gasteiger partial charge is 0.224 e. The lowest BCUT2D eigenvalue weighted by Gasteiger charge is -2.09. The summed E-state index contributed by atoms with van der Waals surface area (Å²) in [5.41, 5.74) is -0.590. The van der Waals surface area contributed by atoms with Gasteiger partial charge in [0.15, 0.2) is 0 Å². The molecule has 66 valence electrons. The Hall–Kier alpha value is -1.26. The SMILES string of the molecule is FNc1ccccc1C(F)(F)F. The van der Waals surface area contributed by atoms with E-state index in [1.54, 1.807) is 0 Å². The molecule has 0 heterocycles. The molecule has 0 saturated heterocycles. The lowest BCUT2D eigenvalue weighted by atomic mass is 10.2. The average molecular weight is 179 g/mol. The van der Waals surface area contributed by atoms with Crippen molar-refractivity contribution in [1.82, 2.24) is 0 Å². The Bertz CT molecular complexity index is 268. The predicted molar refractivity (Wildman–Crippen MR) is 36.2 cm³/mol. The van der Waals surface area contributed by atoms with Gasteiger partial charge in [-0.3, -0.25) is 0 Å². The first-order valence-corrected chi connectivity index (χ1v) is 3.08. The van der Waals surface area contributed by atoms with Gasteiger partial charge < -0.3 is 0 Å². The number of para-hydroxylation sites is 1. The molecule has 1 N–H and O–H groups in total. The number of nitrogens with one attached hydrogen (secondary N) is 1. The molecule has 0 bridgehead atoms. The van der Waals surface area contributed by atoms with Gasteiger partial charge in [0.1, 0.15) is 0 Å². The maximum Gasteiger partial charge on any atom is 0.418 e. The Kier molecular flexibility index (Phi) is 2.21. The third-order valence-electron chi connectivity index (χ3n) is 1.33. The first-order valence-electron chi connectivity index (χ1n) is 3.08. The molecule has 0 spiro atoms. The lowest BCUT2D eigenvalue weighted by Crippen LogP contribution is -2.07. The van der Waals surface area contributed by atoms with Crippen molar-refractivity contribution in [3.63, 3.8) is 0 Å². The van der Waals surface area contributed by atoms with E-state index in [0.29, 0.717) is 0 Å². The van der Waals surface area contributed by atoms with Crippen LogP contribution in [-0.2, 0) is 6.18 Å². The van der Waals surface area contributed by atoms with Crippen molar-refractivity contribution in [2.45, 2.75) is 6.18 Å². The monoisotopic (exact) mass is 179 g/mol. The Labute approximate surface area is 65.9 Å². The molecule has 5 heteroatoms. The molecule has 1 rings (SSSR count). The number of alkyl halides is 3. The normalized spacial score (nSPS) is 11.3. The summed E-state index contributed by atoms with van der Waals surface area (Å²) in [4.78, 5) is 0. The van der Waals surface area contributed by atoms with Crippen LogP contribution in [0.3, 0.4) is 0 Å². The highest BCUT2D eigenvalue weighted by molar-refractivity contribution is 5.50. The Morgan fingerprint density at radius 3 is 2.08 bits per heavy atom. The van der Waals surface area contributed by atoms with Crippen molar-refractivity contribution < 1.29 is 17.7 Å². The van der Waals surface area contributed by atoms with Crippen LogP contribution in [0.1, 0.15) is 5.56 Å². The molecule has 0 aliphatic rings. The number of rotatable bonds is 1. The van der Waals surface area contributed by atoms with Gasteiger partial charge in [-0.15, -0.1) is 4.48 Å². The van der Waals surface area contributed by atoms with Gasteiger partial charge in [-0.1, -0.05) is 12.1 Å². The second-order valence-corrected chi connectivity index (χ2v) is 2.14. The first-order chi connectivity index (χ1) is 5.55. The van der Waals surface area contributed by atoms with Gasteiger partial charge in [-0.2, -0.15) is 13.2 Å². The number of benzene rings is 1. The van der Waals surface area contributed by atoms with E-state index >= 15 is 0 Å². The molecule has 0 saturated carbocycles. The van der Waals surface area contributed by atoms with Gasteiger partial charge in [-0.25, -0.2) is 5.54 Å². The summed E-state index contributed by atoms with van der Waals surface area (Å²) in [5, 5.41) is 0. The third kappa shape index (κ3) is 1.66. The summed E-state index contributed by atoms with van der Waals surface area (Å²) in [5.74, 6) is 0. The van der Waals surface area contributed by atoms with Gasteiger partial charge in [0.2, 0.25) is 0 Å². The minimum Gasteiger partial charge on any atom is -0.224 e. The standard InChI is InChI=1S/C7H5F4N/c8-7(9,10)5-3-1-2-4-6(5)12-11/h1-4,12H. The van der Waals surface area contributed by atoms with Crippen LogP contribution in [-0.4, -0.2) is 0 Å². The molecule has 0 amide bonds. The Morgan fingerprint density at radius 1 is 1.08 bits per heavy atom. The highest BCUT2D eigenvalue weighted by atomic mass is 19.4. The van der Waals surface area contributed by atoms with E-state index < -0.39 is 17.4 Å². The molecule has 0 aromatic heterocycles. The number of hydrogen-bond acceptors (Lipinski definition) is 1. The molecule has 0 radical (unpaired) electrons. The van der Waals surface area contributed by atoms with E-state index in [4.69, 9.17) is 0 Å². The van der Waals surface area contributed by atoms with Crippen LogP contribution in [0.25, 0.3) is 0 Å². The van der Waals surface area contributed by atoms with Crippen molar-refractivity contribution in [2.24, 2.45) is 0 Å². The molecule has 1 nitrogen and oxygen atoms in total. The third-order valence-corrected chi connectivity index (χ3v) is 1.33. The summed E-state index contributed by atoms with van der Waals surface area (Å²) in [7, 11) is 0. The first kappa shape index (κ1) is 8.83. The molecule has 0 unspecified atom stereocenters. The quantitative estimate of drug-likeness (QED) is 0.516. The lowest BCUT2D eigenvalue weighted by molar-refractivity contribution is -0.137. The van der Waals surface area contributed by atoms with Crippen molar-refractivity contribution in [2.75, 3.05) is 5.54 Å². The summed E-state index contributed by atoms with van der Waals surface area (Å²) in [6, 6.07) is 4.34. The van der Waals surface area contributed by atoms with Crippen LogP contribution >= 0.6 is 0 Å². The second-order valence-electron chi connectivity index (χ2n) is 2.14. The van der Waals surface area contributed by atoms with Crippen LogP contribution in [0.5, 0.6) is 0 Å². The number of halogens is 4. The molecular weight excluding hydrogens is 174 g/mol. The van der Waals surface area contributed by atoms with E-state index in [1.165, 1.54) is 12.1 Å². The minimum atomic E-state index is -4.52. The Balaban J connectivity index is 3.14. The van der Waals surface area contributed by atoms with Crippen molar-refractivity contribution in [1.29, 1.82) is 0 Å². The summed E-state index contributed by atoms with van der Waals surface area (Å²) >= 11 is 0. The zero-order valence-corrected chi connectivity index (χ0v) is 5.82. The van der Waals surface area contributed by atoms with E-state index in [-0.39, 0.29) is 0 Å². The van der Waals surface area contributed by atoms with E-state index in [9.17, 15) is 17.7 Å². The highest BCUT2D eigenvalue weighted by Gasteiger charge is 2.33. The van der Waals surface area contributed by atoms with Crippen molar-refractivity contribution in [3.05, 3.63) is 29.8 Å². The Morgan fingerprint density at radius 2 is 1.67 bits per heavy atom. The van der Waals surface area contributed by atoms with Crippen LogP contribution in [0, 0.1) is 0 Å². The van der Waals surface area contributed by atoms with Gasteiger partial charge in [0.05, 0.1) is 11.3 Å². The second kappa shape index (κ2) is 3.00. The molecule has 12 heavy (non-hydrogen) atoms. The van der Waals surface area contributed by atoms with Gasteiger partial charge in [-0.05, 0) is 12.1 Å². The number of hydrogen-bond donors (Lipinski definition) is 1. The van der Waals surface area contributed by atoms with E-state index in [0.717, 1.165) is 17.7 Å². The zero-order valence-electron chi connectivity index (χ0n) is 5.82. The molecular formula is C7H5F4N. The zero-order chi connectivity index (χ0) is 9.19. The topological polar surface area (TPSA) is 12.0 Å². The van der Waals surface area contributed by atoms with Gasteiger partial charge in [0.25, 0.3) is 0 Å². The average Bonchev–Trinajstić information content (AvgIpc) is 2.03. The number of anilines is 1. The summed E-state index contributed by atoms with van der Waals surface area (Å²) < 4.78 is 47.9. The highest BCUT2D eigenvalue weighted by Crippen LogP contribution is 2.34. The van der Waals surface area contributed by atoms with Crippen LogP contribution in [0.4, 0.5) is 23.3 Å².